The van der Waals surface area contributed by atoms with Gasteiger partial charge in [0.05, 0.1) is 16.4 Å². The van der Waals surface area contributed by atoms with Crippen molar-refractivity contribution in [1.29, 1.82) is 0 Å². The number of rotatable bonds is 3. The van der Waals surface area contributed by atoms with E-state index in [4.69, 9.17) is 11.6 Å². The number of hydrogen-bond acceptors (Lipinski definition) is 3. The number of halogens is 1. The van der Waals surface area contributed by atoms with Crippen molar-refractivity contribution in [2.24, 2.45) is 7.05 Å². The SMILES string of the molecule is CCc1nn(C)c(CN2CC3(CCCC3)NCC2C)c1Cl. The maximum Gasteiger partial charge on any atom is 0.0863 e. The number of piperazine rings is 1. The van der Waals surface area contributed by atoms with Crippen LogP contribution < -0.4 is 5.32 Å². The molecule has 2 fully saturated rings. The van der Waals surface area contributed by atoms with Crippen LogP contribution in [0.25, 0.3) is 0 Å². The number of nitrogens with zero attached hydrogens (tertiary/aromatic N) is 3. The Labute approximate surface area is 132 Å². The summed E-state index contributed by atoms with van der Waals surface area (Å²) in [6, 6.07) is 0.548. The summed E-state index contributed by atoms with van der Waals surface area (Å²) in [5, 5.41) is 9.23. The third-order valence-corrected chi connectivity index (χ3v) is 5.75. The van der Waals surface area contributed by atoms with E-state index in [2.05, 4.69) is 29.2 Å². The van der Waals surface area contributed by atoms with Gasteiger partial charge in [0, 0.05) is 38.3 Å². The van der Waals surface area contributed by atoms with Gasteiger partial charge in [0.2, 0.25) is 0 Å². The van der Waals surface area contributed by atoms with Crippen molar-refractivity contribution in [2.75, 3.05) is 13.1 Å². The van der Waals surface area contributed by atoms with E-state index in [1.54, 1.807) is 0 Å². The lowest BCUT2D eigenvalue weighted by Crippen LogP contribution is -2.62. The predicted octanol–water partition coefficient (Wildman–Crippen LogP) is 2.74. The highest BCUT2D eigenvalue weighted by Crippen LogP contribution is 2.34. The van der Waals surface area contributed by atoms with E-state index in [0.29, 0.717) is 11.6 Å². The minimum atomic E-state index is 0.352. The third-order valence-electron chi connectivity index (χ3n) is 5.32. The third kappa shape index (κ3) is 2.86. The molecular formula is C16H27ClN4. The molecule has 0 aromatic carbocycles. The van der Waals surface area contributed by atoms with Crippen LogP contribution in [0.15, 0.2) is 0 Å². The van der Waals surface area contributed by atoms with Crippen molar-refractivity contribution in [3.8, 4) is 0 Å². The molecule has 3 rings (SSSR count). The molecule has 1 N–H and O–H groups in total. The fourth-order valence-electron chi connectivity index (χ4n) is 3.88. The molecule has 4 nitrogen and oxygen atoms in total. The summed E-state index contributed by atoms with van der Waals surface area (Å²) < 4.78 is 1.97. The van der Waals surface area contributed by atoms with Crippen LogP contribution in [0.2, 0.25) is 5.02 Å². The van der Waals surface area contributed by atoms with Gasteiger partial charge in [-0.25, -0.2) is 0 Å². The van der Waals surface area contributed by atoms with Crippen LogP contribution in [-0.4, -0.2) is 39.4 Å². The fourth-order valence-corrected chi connectivity index (χ4v) is 4.23. The molecule has 1 aliphatic carbocycles. The van der Waals surface area contributed by atoms with Crippen LogP contribution in [-0.2, 0) is 20.0 Å². The highest BCUT2D eigenvalue weighted by molar-refractivity contribution is 6.31. The number of aromatic nitrogens is 2. The first-order valence-corrected chi connectivity index (χ1v) is 8.62. The van der Waals surface area contributed by atoms with Gasteiger partial charge >= 0.3 is 0 Å². The molecule has 21 heavy (non-hydrogen) atoms. The maximum absolute atomic E-state index is 6.52. The van der Waals surface area contributed by atoms with E-state index < -0.39 is 0 Å². The zero-order valence-corrected chi connectivity index (χ0v) is 14.2. The molecule has 5 heteroatoms. The van der Waals surface area contributed by atoms with E-state index in [1.165, 1.54) is 25.7 Å². The predicted molar refractivity (Wildman–Crippen MR) is 86.7 cm³/mol. The van der Waals surface area contributed by atoms with Crippen molar-refractivity contribution in [1.82, 2.24) is 20.0 Å². The van der Waals surface area contributed by atoms with Crippen LogP contribution >= 0.6 is 11.6 Å². The Morgan fingerprint density at radius 1 is 1.38 bits per heavy atom. The summed E-state index contributed by atoms with van der Waals surface area (Å²) in [5.74, 6) is 0. The van der Waals surface area contributed by atoms with Crippen LogP contribution in [0.5, 0.6) is 0 Å². The Morgan fingerprint density at radius 2 is 2.10 bits per heavy atom. The first kappa shape index (κ1) is 15.3. The molecule has 0 bridgehead atoms. The number of nitrogens with one attached hydrogen (secondary N) is 1. The summed E-state index contributed by atoms with van der Waals surface area (Å²) >= 11 is 6.52. The molecule has 1 saturated carbocycles. The maximum atomic E-state index is 6.52. The summed E-state index contributed by atoms with van der Waals surface area (Å²) in [6.07, 6.45) is 6.25. The zero-order chi connectivity index (χ0) is 15.0. The van der Waals surface area contributed by atoms with Gasteiger partial charge < -0.3 is 5.32 Å². The van der Waals surface area contributed by atoms with Crippen molar-refractivity contribution < 1.29 is 0 Å². The number of aryl methyl sites for hydroxylation is 2. The molecule has 1 aromatic rings. The van der Waals surface area contributed by atoms with Crippen molar-refractivity contribution in [3.63, 3.8) is 0 Å². The van der Waals surface area contributed by atoms with Gasteiger partial charge in [-0.15, -0.1) is 0 Å². The highest BCUT2D eigenvalue weighted by atomic mass is 35.5. The first-order valence-electron chi connectivity index (χ1n) is 8.24. The molecule has 1 aromatic heterocycles. The monoisotopic (exact) mass is 310 g/mol. The Bertz CT molecular complexity index is 505. The molecule has 0 radical (unpaired) electrons. The second kappa shape index (κ2) is 5.90. The lowest BCUT2D eigenvalue weighted by atomic mass is 9.92. The quantitative estimate of drug-likeness (QED) is 0.932. The standard InChI is InChI=1S/C16H27ClN4/c1-4-13-15(17)14(20(3)19-13)10-21-11-16(7-5-6-8-16)18-9-12(21)2/h12,18H,4-11H2,1-3H3. The van der Waals surface area contributed by atoms with Gasteiger partial charge in [-0.3, -0.25) is 9.58 Å². The first-order chi connectivity index (χ1) is 10.0. The minimum absolute atomic E-state index is 0.352. The average Bonchev–Trinajstić information content (AvgIpc) is 3.03. The van der Waals surface area contributed by atoms with Crippen LogP contribution in [0.1, 0.15) is 50.9 Å². The normalized spacial score (nSPS) is 25.8. The highest BCUT2D eigenvalue weighted by Gasteiger charge is 2.40. The van der Waals surface area contributed by atoms with E-state index in [-0.39, 0.29) is 0 Å². The lowest BCUT2D eigenvalue weighted by Gasteiger charge is -2.45. The van der Waals surface area contributed by atoms with Gasteiger partial charge in [0.25, 0.3) is 0 Å². The van der Waals surface area contributed by atoms with E-state index in [1.807, 2.05) is 11.7 Å². The van der Waals surface area contributed by atoms with Gasteiger partial charge in [-0.1, -0.05) is 31.4 Å². The van der Waals surface area contributed by atoms with Gasteiger partial charge in [0.1, 0.15) is 0 Å². The molecule has 1 atom stereocenters. The smallest absolute Gasteiger partial charge is 0.0863 e. The molecule has 1 aliphatic heterocycles. The van der Waals surface area contributed by atoms with E-state index >= 15 is 0 Å². The van der Waals surface area contributed by atoms with E-state index in [0.717, 1.165) is 42.5 Å². The zero-order valence-electron chi connectivity index (χ0n) is 13.5. The van der Waals surface area contributed by atoms with Crippen LogP contribution in [0.4, 0.5) is 0 Å². The molecule has 1 saturated heterocycles. The van der Waals surface area contributed by atoms with Gasteiger partial charge in [-0.2, -0.15) is 5.10 Å². The van der Waals surface area contributed by atoms with Crippen molar-refractivity contribution in [2.45, 2.75) is 64.1 Å². The van der Waals surface area contributed by atoms with Gasteiger partial charge in [0.15, 0.2) is 0 Å². The Hall–Kier alpha value is -0.580. The lowest BCUT2D eigenvalue weighted by molar-refractivity contribution is 0.0805. The van der Waals surface area contributed by atoms with E-state index in [9.17, 15) is 0 Å². The average molecular weight is 311 g/mol. The Kier molecular flexibility index (Phi) is 4.30. The minimum Gasteiger partial charge on any atom is -0.308 e. The van der Waals surface area contributed by atoms with Crippen LogP contribution in [0, 0.1) is 0 Å². The van der Waals surface area contributed by atoms with Crippen molar-refractivity contribution >= 4 is 11.6 Å². The molecule has 2 aliphatic rings. The molecule has 2 heterocycles. The molecular weight excluding hydrogens is 284 g/mol. The topological polar surface area (TPSA) is 33.1 Å². The second-order valence-corrected chi connectivity index (χ2v) is 7.18. The largest absolute Gasteiger partial charge is 0.308 e. The molecule has 118 valence electrons. The summed E-state index contributed by atoms with van der Waals surface area (Å²) in [7, 11) is 2.01. The second-order valence-electron chi connectivity index (χ2n) is 6.81. The molecule has 1 spiro atoms. The molecule has 0 amide bonds. The summed E-state index contributed by atoms with van der Waals surface area (Å²) in [4.78, 5) is 2.59. The summed E-state index contributed by atoms with van der Waals surface area (Å²) in [5.41, 5.74) is 2.54. The number of hydrogen-bond donors (Lipinski definition) is 1. The van der Waals surface area contributed by atoms with Crippen molar-refractivity contribution in [3.05, 3.63) is 16.4 Å². The van der Waals surface area contributed by atoms with Gasteiger partial charge in [-0.05, 0) is 26.2 Å². The fraction of sp³-hybridized carbons (Fsp3) is 0.812. The van der Waals surface area contributed by atoms with Crippen LogP contribution in [0.3, 0.4) is 0 Å². The molecule has 1 unspecified atom stereocenters. The summed E-state index contributed by atoms with van der Waals surface area (Å²) in [6.45, 7) is 7.54. The Balaban J connectivity index is 1.78. The Morgan fingerprint density at radius 3 is 2.71 bits per heavy atom.